The molecule has 1 aromatic rings. The maximum Gasteiger partial charge on any atom is 0.163 e. The third-order valence-electron chi connectivity index (χ3n) is 9.72. The van der Waals surface area contributed by atoms with Crippen molar-refractivity contribution in [3.63, 3.8) is 0 Å². The lowest BCUT2D eigenvalue weighted by atomic mass is 9.44. The second-order valence-electron chi connectivity index (χ2n) is 11.3. The monoisotopic (exact) mass is 382 g/mol. The topological polar surface area (TPSA) is 47.1 Å². The molecule has 1 saturated heterocycles. The molecule has 28 heavy (non-hydrogen) atoms. The van der Waals surface area contributed by atoms with E-state index in [-0.39, 0.29) is 17.6 Å². The van der Waals surface area contributed by atoms with E-state index in [4.69, 9.17) is 9.47 Å². The number of rotatable bonds is 0. The highest BCUT2D eigenvalue weighted by Gasteiger charge is 2.67. The third kappa shape index (κ3) is 2.06. The Labute approximate surface area is 168 Å². The van der Waals surface area contributed by atoms with E-state index < -0.39 is 5.79 Å². The smallest absolute Gasteiger partial charge is 0.163 e. The summed E-state index contributed by atoms with van der Waals surface area (Å²) < 4.78 is 13.4. The van der Waals surface area contributed by atoms with Crippen LogP contribution in [-0.2, 0) is 22.3 Å². The highest BCUT2D eigenvalue weighted by molar-refractivity contribution is 5.29. The molecule has 0 bridgehead atoms. The fourth-order valence-corrected chi connectivity index (χ4v) is 8.32. The molecule has 8 atom stereocenters. The van der Waals surface area contributed by atoms with Gasteiger partial charge < -0.3 is 9.47 Å². The molecule has 6 rings (SSSR count). The van der Waals surface area contributed by atoms with Crippen molar-refractivity contribution < 1.29 is 9.47 Å². The minimum atomic E-state index is -0.483. The van der Waals surface area contributed by atoms with Crippen LogP contribution in [0.3, 0.4) is 0 Å². The molecule has 5 aliphatic rings. The molecule has 1 aliphatic heterocycles. The highest BCUT2D eigenvalue weighted by Crippen LogP contribution is 2.68. The lowest BCUT2D eigenvalue weighted by Crippen LogP contribution is -2.63. The molecule has 152 valence electrons. The van der Waals surface area contributed by atoms with E-state index in [1.165, 1.54) is 42.5 Å². The molecule has 0 radical (unpaired) electrons. The number of fused-ring (bicyclic) bond motifs is 9. The van der Waals surface area contributed by atoms with Crippen LogP contribution in [0.2, 0.25) is 0 Å². The van der Waals surface area contributed by atoms with E-state index in [9.17, 15) is 0 Å². The Balaban J connectivity index is 1.49. The Kier molecular flexibility index (Phi) is 3.36. The predicted octanol–water partition coefficient (Wildman–Crippen LogP) is 4.66. The zero-order valence-electron chi connectivity index (χ0n) is 17.8. The van der Waals surface area contributed by atoms with Crippen LogP contribution in [0.1, 0.15) is 64.6 Å². The van der Waals surface area contributed by atoms with Gasteiger partial charge in [-0.2, -0.15) is 5.10 Å². The van der Waals surface area contributed by atoms with E-state index in [0.717, 1.165) is 12.8 Å². The molecule has 3 saturated carbocycles. The van der Waals surface area contributed by atoms with E-state index in [1.54, 1.807) is 0 Å². The van der Waals surface area contributed by atoms with Gasteiger partial charge in [0.2, 0.25) is 0 Å². The maximum absolute atomic E-state index is 6.70. The van der Waals surface area contributed by atoms with E-state index in [0.29, 0.717) is 29.1 Å². The molecule has 4 fully saturated rings. The van der Waals surface area contributed by atoms with Crippen LogP contribution in [0, 0.1) is 34.5 Å². The molecule has 0 amide bonds. The van der Waals surface area contributed by atoms with Gasteiger partial charge in [0.15, 0.2) is 5.79 Å². The Hall–Kier alpha value is -1.13. The third-order valence-corrected chi connectivity index (χ3v) is 9.72. The van der Waals surface area contributed by atoms with Gasteiger partial charge in [0.05, 0.1) is 18.4 Å². The summed E-state index contributed by atoms with van der Waals surface area (Å²) in [6.07, 6.45) is 9.71. The largest absolute Gasteiger partial charge is 0.344 e. The number of nitrogens with zero attached hydrogens (tertiary/aromatic N) is 1. The summed E-state index contributed by atoms with van der Waals surface area (Å²) in [6.45, 7) is 13.8. The lowest BCUT2D eigenvalue weighted by Gasteiger charge is -2.62. The molecule has 4 heteroatoms. The van der Waals surface area contributed by atoms with Crippen LogP contribution in [0.25, 0.3) is 0 Å². The van der Waals surface area contributed by atoms with Gasteiger partial charge in [-0.3, -0.25) is 5.10 Å². The lowest BCUT2D eigenvalue weighted by molar-refractivity contribution is -0.164. The summed E-state index contributed by atoms with van der Waals surface area (Å²) in [6, 6.07) is 0. The molecule has 1 N–H and O–H groups in total. The van der Waals surface area contributed by atoms with Crippen LogP contribution >= 0.6 is 0 Å². The number of H-pyrrole nitrogens is 1. The van der Waals surface area contributed by atoms with Crippen molar-refractivity contribution >= 4 is 0 Å². The summed E-state index contributed by atoms with van der Waals surface area (Å²) in [7, 11) is 0. The SMILES string of the molecule is C=C1CC[C@H]2[C@@H]3[C@H]4OC(C)(C)O[C@@H]4[C@H]4Cc5[nH]ncc5C[C@]4(C)[C@H]3CC[C@]12C. The first-order valence-corrected chi connectivity index (χ1v) is 11.3. The Bertz CT molecular complexity index is 843. The average Bonchev–Trinajstić information content (AvgIpc) is 3.28. The number of hydrogen-bond acceptors (Lipinski definition) is 3. The Morgan fingerprint density at radius 3 is 2.68 bits per heavy atom. The van der Waals surface area contributed by atoms with E-state index in [2.05, 4.69) is 50.7 Å². The van der Waals surface area contributed by atoms with Crippen molar-refractivity contribution in [3.8, 4) is 0 Å². The number of nitrogens with one attached hydrogen (secondary N) is 1. The van der Waals surface area contributed by atoms with Gasteiger partial charge in [-0.25, -0.2) is 0 Å². The van der Waals surface area contributed by atoms with Crippen molar-refractivity contribution in [3.05, 3.63) is 29.6 Å². The Morgan fingerprint density at radius 1 is 1.07 bits per heavy atom. The number of allylic oxidation sites excluding steroid dienone is 1. The van der Waals surface area contributed by atoms with Crippen molar-refractivity contribution in [1.29, 1.82) is 0 Å². The number of aromatic amines is 1. The van der Waals surface area contributed by atoms with Crippen LogP contribution in [0.5, 0.6) is 0 Å². The fraction of sp³-hybridized carbons (Fsp3) is 0.792. The molecule has 4 aliphatic carbocycles. The summed E-state index contributed by atoms with van der Waals surface area (Å²) >= 11 is 0. The predicted molar refractivity (Wildman–Crippen MR) is 108 cm³/mol. The van der Waals surface area contributed by atoms with Crippen LogP contribution in [0.15, 0.2) is 18.3 Å². The minimum absolute atomic E-state index is 0.189. The minimum Gasteiger partial charge on any atom is -0.344 e. The number of hydrogen-bond donors (Lipinski definition) is 1. The van der Waals surface area contributed by atoms with Gasteiger partial charge in [0.1, 0.15) is 0 Å². The average molecular weight is 383 g/mol. The zero-order chi connectivity index (χ0) is 19.5. The van der Waals surface area contributed by atoms with Crippen LogP contribution in [-0.4, -0.2) is 28.2 Å². The normalized spacial score (nSPS) is 51.1. The Morgan fingerprint density at radius 2 is 1.86 bits per heavy atom. The molecular formula is C24H34N2O2. The van der Waals surface area contributed by atoms with Gasteiger partial charge in [-0.1, -0.05) is 26.0 Å². The van der Waals surface area contributed by atoms with E-state index >= 15 is 0 Å². The molecular weight excluding hydrogens is 348 g/mol. The van der Waals surface area contributed by atoms with Crippen molar-refractivity contribution in [2.45, 2.75) is 84.2 Å². The molecule has 0 aromatic carbocycles. The molecule has 0 spiro atoms. The zero-order valence-corrected chi connectivity index (χ0v) is 17.8. The second-order valence-corrected chi connectivity index (χ2v) is 11.3. The van der Waals surface area contributed by atoms with Crippen molar-refractivity contribution in [1.82, 2.24) is 10.2 Å². The molecule has 0 unspecified atom stereocenters. The van der Waals surface area contributed by atoms with Gasteiger partial charge >= 0.3 is 0 Å². The standard InChI is InChI=1S/C24H34N2O2/c1-13-6-7-15-19-16(8-9-23(13,15)4)24(5)11-14-12-25-26-18(14)10-17(24)20-21(19)28-22(2,3)27-20/h12,15-17,19-21H,1,6-11H2,2-5H3,(H,25,26)/t15-,16-,17+,19-,20+,21+,23+,24+/m0/s1. The van der Waals surface area contributed by atoms with Gasteiger partial charge in [0.25, 0.3) is 0 Å². The summed E-state index contributed by atoms with van der Waals surface area (Å²) in [5.41, 5.74) is 4.79. The fourth-order valence-electron chi connectivity index (χ4n) is 8.32. The van der Waals surface area contributed by atoms with Crippen LogP contribution in [0.4, 0.5) is 0 Å². The second kappa shape index (κ2) is 5.31. The number of ether oxygens (including phenoxy) is 2. The highest BCUT2D eigenvalue weighted by atomic mass is 16.8. The van der Waals surface area contributed by atoms with Crippen molar-refractivity contribution in [2.24, 2.45) is 34.5 Å². The quantitative estimate of drug-likeness (QED) is 0.664. The summed E-state index contributed by atoms with van der Waals surface area (Å²) in [5, 5.41) is 7.65. The summed E-state index contributed by atoms with van der Waals surface area (Å²) in [5.74, 6) is 1.99. The number of aromatic nitrogens is 2. The summed E-state index contributed by atoms with van der Waals surface area (Å²) in [4.78, 5) is 0. The van der Waals surface area contributed by atoms with Gasteiger partial charge in [0, 0.05) is 5.69 Å². The first-order valence-electron chi connectivity index (χ1n) is 11.3. The van der Waals surface area contributed by atoms with E-state index in [1.807, 2.05) is 0 Å². The van der Waals surface area contributed by atoms with Crippen LogP contribution < -0.4 is 0 Å². The molecule has 2 heterocycles. The molecule has 1 aromatic heterocycles. The van der Waals surface area contributed by atoms with Crippen molar-refractivity contribution in [2.75, 3.05) is 0 Å². The van der Waals surface area contributed by atoms with Gasteiger partial charge in [-0.15, -0.1) is 0 Å². The van der Waals surface area contributed by atoms with Gasteiger partial charge in [-0.05, 0) is 92.4 Å². The maximum atomic E-state index is 6.70. The first-order chi connectivity index (χ1) is 13.2. The first kappa shape index (κ1) is 17.7. The molecule has 4 nitrogen and oxygen atoms in total.